The fourth-order valence-corrected chi connectivity index (χ4v) is 13.4. The number of carbonyl (C=O) groups is 1. The third kappa shape index (κ3) is 7.96. The molecule has 1 aliphatic carbocycles. The van der Waals surface area contributed by atoms with Crippen molar-refractivity contribution < 1.29 is 37.1 Å². The predicted octanol–water partition coefficient (Wildman–Crippen LogP) is 7.44. The van der Waals surface area contributed by atoms with Crippen molar-refractivity contribution in [1.29, 1.82) is 0 Å². The van der Waals surface area contributed by atoms with Crippen LogP contribution in [0.25, 0.3) is 11.0 Å². The number of nitrogens with one attached hydrogen (secondary N) is 3. The summed E-state index contributed by atoms with van der Waals surface area (Å²) in [4.78, 5) is 41.2. The van der Waals surface area contributed by atoms with E-state index in [-0.39, 0.29) is 47.0 Å². The molecule has 3 N–H and O–H groups in total. The van der Waals surface area contributed by atoms with Gasteiger partial charge in [0.15, 0.2) is 11.4 Å². The van der Waals surface area contributed by atoms with Gasteiger partial charge in [-0.25, -0.2) is 13.1 Å². The first-order chi connectivity index (χ1) is 34.0. The van der Waals surface area contributed by atoms with Crippen LogP contribution in [0.2, 0.25) is 0 Å². The van der Waals surface area contributed by atoms with Gasteiger partial charge in [-0.1, -0.05) is 24.1 Å². The van der Waals surface area contributed by atoms with Crippen LogP contribution in [-0.2, 0) is 19.5 Å². The van der Waals surface area contributed by atoms with Gasteiger partial charge in [0, 0.05) is 73.4 Å². The van der Waals surface area contributed by atoms with Crippen molar-refractivity contribution in [2.24, 2.45) is 11.3 Å². The van der Waals surface area contributed by atoms with E-state index in [1.54, 1.807) is 12.3 Å². The van der Waals surface area contributed by atoms with Crippen LogP contribution in [0, 0.1) is 33.3 Å². The van der Waals surface area contributed by atoms with Gasteiger partial charge < -0.3 is 39.0 Å². The molecular weight excluding hydrogens is 913 g/mol. The zero-order valence-corrected chi connectivity index (χ0v) is 39.8. The van der Waals surface area contributed by atoms with Crippen molar-refractivity contribution in [3.05, 3.63) is 99.7 Å². The van der Waals surface area contributed by atoms with Gasteiger partial charge in [-0.05, 0) is 118 Å². The lowest BCUT2D eigenvalue weighted by atomic mass is 9.59. The number of hydrogen-bond donors (Lipinski definition) is 3. The molecule has 7 aliphatic rings. The molecule has 364 valence electrons. The van der Waals surface area contributed by atoms with E-state index < -0.39 is 37.5 Å². The Labute approximate surface area is 406 Å². The number of carbonyl (C=O) groups excluding carboxylic acids is 1. The molecule has 8 heterocycles. The van der Waals surface area contributed by atoms with Crippen molar-refractivity contribution in [1.82, 2.24) is 19.6 Å². The molecule has 0 unspecified atom stereocenters. The maximum atomic E-state index is 14.7. The van der Waals surface area contributed by atoms with Crippen LogP contribution in [-0.4, -0.2) is 111 Å². The van der Waals surface area contributed by atoms with Crippen LogP contribution in [0.4, 0.5) is 28.4 Å². The maximum absolute atomic E-state index is 14.7. The summed E-state index contributed by atoms with van der Waals surface area (Å²) in [5.74, 6) is 6.11. The number of aromatic nitrogens is 2. The third-order valence-electron chi connectivity index (χ3n) is 16.1. The molecule has 17 nitrogen and oxygen atoms in total. The highest BCUT2D eigenvalue weighted by atomic mass is 32.2. The molecule has 0 radical (unpaired) electrons. The zero-order valence-electron chi connectivity index (χ0n) is 39.0. The van der Waals surface area contributed by atoms with Crippen LogP contribution in [0.1, 0.15) is 85.8 Å². The second kappa shape index (κ2) is 17.8. The van der Waals surface area contributed by atoms with E-state index in [4.69, 9.17) is 23.9 Å². The molecule has 5 aromatic rings. The molecule has 70 heavy (non-hydrogen) atoms. The molecular formula is C52H56N8O9S. The summed E-state index contributed by atoms with van der Waals surface area (Å²) < 4.78 is 54.8. The summed E-state index contributed by atoms with van der Waals surface area (Å²) >= 11 is 0. The number of nitro benzene ring substituents is 1. The van der Waals surface area contributed by atoms with E-state index in [9.17, 15) is 23.3 Å². The van der Waals surface area contributed by atoms with E-state index in [1.807, 2.05) is 36.1 Å². The fraction of sp³-hybridized carbons (Fsp3) is 0.462. The standard InChI is InChI=1S/C52H56N8O9S/c1-2-6-32-7-3-4-8-38(32)41-9-5-18-58(41)36-27-52(28-36)15-19-57(20-16-52)35-10-11-39(42(24-35)59-44-23-34-12-17-53-49(34)55-51(44)69-47-31-67-30-45(47)59)50(61)56-70(64,65)37-25-43(60(62)63)48-46(26-37)68-29-40(54-48)33-13-21-66-22-14-33/h3-4,7-8,10-12,17,23-26,33,36,40-41,45,47,54H,5,9,13-16,18-22,27-31H2,1H3,(H,53,55)(H,56,61)/t40-,41-,45+,47-/m0/s1. The number of likely N-dealkylation sites (tertiary alicyclic amines) is 1. The lowest BCUT2D eigenvalue weighted by Crippen LogP contribution is -2.55. The SMILES string of the molecule is CC#Cc1ccccc1[C@@H]1CCCN1C1CC2(CCN(c3ccc(C(=O)NS(=O)(=O)c4cc5c(c([N+](=O)[O-])c4)N[C@H](C4CCOCC4)CO5)c(N4c5cc6cc[nH]c6nc5O[C@H]5COC[C@H]54)c3)CC2)C1. The Morgan fingerprint density at radius 2 is 1.79 bits per heavy atom. The van der Waals surface area contributed by atoms with Gasteiger partial charge in [0.2, 0.25) is 5.88 Å². The van der Waals surface area contributed by atoms with Gasteiger partial charge in [-0.2, -0.15) is 4.98 Å². The normalized spacial score (nSPS) is 24.3. The summed E-state index contributed by atoms with van der Waals surface area (Å²) in [6.07, 6.45) is 9.66. The molecule has 1 spiro atoms. The van der Waals surface area contributed by atoms with E-state index in [2.05, 4.69) is 60.9 Å². The minimum absolute atomic E-state index is 0.0284. The van der Waals surface area contributed by atoms with Gasteiger partial charge in [-0.3, -0.25) is 19.8 Å². The topological polar surface area (TPSA) is 194 Å². The number of benzene rings is 3. The van der Waals surface area contributed by atoms with E-state index in [0.717, 1.165) is 74.4 Å². The Kier molecular flexibility index (Phi) is 11.4. The van der Waals surface area contributed by atoms with Crippen molar-refractivity contribution in [2.75, 3.05) is 67.8 Å². The van der Waals surface area contributed by atoms with Gasteiger partial charge in [0.05, 0.1) is 46.4 Å². The van der Waals surface area contributed by atoms with Crippen LogP contribution < -0.4 is 29.3 Å². The van der Waals surface area contributed by atoms with Gasteiger partial charge >= 0.3 is 0 Å². The highest BCUT2D eigenvalue weighted by molar-refractivity contribution is 7.90. The Hall–Kier alpha value is -6.39. The van der Waals surface area contributed by atoms with Crippen LogP contribution >= 0.6 is 0 Å². The highest BCUT2D eigenvalue weighted by Crippen LogP contribution is 2.55. The number of piperidine rings is 1. The average Bonchev–Trinajstić information content (AvgIpc) is 4.16. The number of anilines is 4. The summed E-state index contributed by atoms with van der Waals surface area (Å²) in [6, 6.07) is 20.6. The number of hydrogen-bond acceptors (Lipinski definition) is 14. The molecule has 2 aromatic heterocycles. The van der Waals surface area contributed by atoms with Crippen molar-refractivity contribution in [2.45, 2.75) is 93.5 Å². The lowest BCUT2D eigenvalue weighted by molar-refractivity contribution is -0.384. The number of fused-ring (bicyclic) bond motifs is 4. The van der Waals surface area contributed by atoms with Gasteiger partial charge in [0.25, 0.3) is 21.6 Å². The van der Waals surface area contributed by atoms with Crippen LogP contribution in [0.3, 0.4) is 0 Å². The zero-order chi connectivity index (χ0) is 47.7. The quantitative estimate of drug-likeness (QED) is 0.0749. The minimum atomic E-state index is -4.69. The van der Waals surface area contributed by atoms with Crippen molar-refractivity contribution in [3.63, 3.8) is 0 Å². The molecule has 4 atom stereocenters. The Balaban J connectivity index is 0.831. The predicted molar refractivity (Wildman–Crippen MR) is 262 cm³/mol. The van der Waals surface area contributed by atoms with Crippen LogP contribution in [0.5, 0.6) is 11.6 Å². The second-order valence-electron chi connectivity index (χ2n) is 20.0. The molecule has 18 heteroatoms. The summed E-state index contributed by atoms with van der Waals surface area (Å²) in [7, 11) is -4.69. The number of nitrogens with zero attached hydrogens (tertiary/aromatic N) is 5. The number of ether oxygens (including phenoxy) is 4. The molecule has 5 fully saturated rings. The monoisotopic (exact) mass is 968 g/mol. The number of aromatic amines is 1. The largest absolute Gasteiger partial charge is 0.489 e. The molecule has 1 saturated carbocycles. The number of pyridine rings is 1. The summed E-state index contributed by atoms with van der Waals surface area (Å²) in [6.45, 7) is 6.63. The molecule has 1 amide bonds. The average molecular weight is 969 g/mol. The van der Waals surface area contributed by atoms with Crippen molar-refractivity contribution >= 4 is 55.4 Å². The van der Waals surface area contributed by atoms with E-state index >= 15 is 0 Å². The number of H-pyrrole nitrogens is 1. The maximum Gasteiger partial charge on any atom is 0.297 e. The molecule has 3 aromatic carbocycles. The Morgan fingerprint density at radius 1 is 0.957 bits per heavy atom. The first kappa shape index (κ1) is 44.8. The van der Waals surface area contributed by atoms with Gasteiger partial charge in [0.1, 0.15) is 24.0 Å². The van der Waals surface area contributed by atoms with E-state index in [0.29, 0.717) is 61.4 Å². The first-order valence-corrected chi connectivity index (χ1v) is 26.1. The molecule has 4 saturated heterocycles. The van der Waals surface area contributed by atoms with E-state index in [1.165, 1.54) is 30.9 Å². The molecule has 0 bridgehead atoms. The van der Waals surface area contributed by atoms with Crippen molar-refractivity contribution in [3.8, 4) is 23.5 Å². The number of amides is 1. The van der Waals surface area contributed by atoms with Gasteiger partial charge in [-0.15, -0.1) is 5.92 Å². The minimum Gasteiger partial charge on any atom is -0.489 e. The fourth-order valence-electron chi connectivity index (χ4n) is 12.4. The lowest BCUT2D eigenvalue weighted by Gasteiger charge is -2.56. The summed E-state index contributed by atoms with van der Waals surface area (Å²) in [5.41, 5.74) is 5.10. The second-order valence-corrected chi connectivity index (χ2v) is 21.7. The number of nitro groups is 1. The Bertz CT molecular complexity index is 3060. The van der Waals surface area contributed by atoms with Crippen LogP contribution in [0.15, 0.2) is 77.8 Å². The summed E-state index contributed by atoms with van der Waals surface area (Å²) in [5, 5.41) is 16.6. The first-order valence-electron chi connectivity index (χ1n) is 24.6. The third-order valence-corrected chi connectivity index (χ3v) is 17.4. The number of sulfonamides is 1. The smallest absolute Gasteiger partial charge is 0.297 e. The highest BCUT2D eigenvalue weighted by Gasteiger charge is 2.50. The molecule has 12 rings (SSSR count). The Morgan fingerprint density at radius 3 is 2.60 bits per heavy atom. The number of rotatable bonds is 9. The molecule has 6 aliphatic heterocycles.